The summed E-state index contributed by atoms with van der Waals surface area (Å²) in [6, 6.07) is 0. The van der Waals surface area contributed by atoms with Gasteiger partial charge in [0.25, 0.3) is 0 Å². The summed E-state index contributed by atoms with van der Waals surface area (Å²) >= 11 is 6.32. The molecule has 0 unspecified atom stereocenters. The van der Waals surface area contributed by atoms with Gasteiger partial charge in [0.15, 0.2) is 5.82 Å². The summed E-state index contributed by atoms with van der Waals surface area (Å²) < 4.78 is 44.7. The molecule has 0 saturated heterocycles. The number of rotatable bonds is 6. The number of alkyl halides is 4. The van der Waals surface area contributed by atoms with Crippen molar-refractivity contribution in [3.05, 3.63) is 33.4 Å². The summed E-state index contributed by atoms with van der Waals surface area (Å²) in [5.74, 6) is -1.18. The molecule has 148 valence electrons. The Hall–Kier alpha value is -2.63. The molecule has 0 fully saturated rings. The molecule has 0 radical (unpaired) electrons. The largest absolute Gasteiger partial charge is 0.484 e. The molecule has 0 saturated carbocycles. The molecular formula is C14H16ClF3N6O3. The first-order chi connectivity index (χ1) is 12.3. The normalized spacial score (nSPS) is 14.0. The first-order valence-electron chi connectivity index (χ1n) is 7.54. The van der Waals surface area contributed by atoms with Crippen molar-refractivity contribution in [1.82, 2.24) is 19.7 Å². The highest BCUT2D eigenvalue weighted by molar-refractivity contribution is 6.23. The molecule has 0 aliphatic carbocycles. The Morgan fingerprint density at radius 1 is 1.44 bits per heavy atom. The van der Waals surface area contributed by atoms with Crippen LogP contribution in [-0.2, 0) is 18.1 Å². The van der Waals surface area contributed by atoms with Crippen LogP contribution in [0.4, 0.5) is 24.8 Å². The average Bonchev–Trinajstić information content (AvgIpc) is 2.79. The Kier molecular flexibility index (Phi) is 5.50. The van der Waals surface area contributed by atoms with Crippen LogP contribution in [0.5, 0.6) is 5.75 Å². The first kappa shape index (κ1) is 20.7. The number of nitrogen functional groups attached to an aromatic ring is 1. The minimum atomic E-state index is -4.68. The lowest BCUT2D eigenvalue weighted by Gasteiger charge is -2.21. The Morgan fingerprint density at radius 2 is 2.07 bits per heavy atom. The highest BCUT2D eigenvalue weighted by atomic mass is 35.5. The molecule has 0 bridgehead atoms. The quantitative estimate of drug-likeness (QED) is 0.443. The van der Waals surface area contributed by atoms with Crippen LogP contribution in [-0.4, -0.2) is 31.3 Å². The zero-order valence-corrected chi connectivity index (χ0v) is 15.3. The van der Waals surface area contributed by atoms with E-state index in [1.165, 1.54) is 14.0 Å². The van der Waals surface area contributed by atoms with Crippen molar-refractivity contribution in [3.63, 3.8) is 0 Å². The number of hydrogen-bond acceptors (Lipinski definition) is 7. The van der Waals surface area contributed by atoms with Crippen molar-refractivity contribution in [3.8, 4) is 5.75 Å². The molecule has 1 atom stereocenters. The molecule has 0 amide bonds. The van der Waals surface area contributed by atoms with Gasteiger partial charge in [-0.25, -0.2) is 9.97 Å². The summed E-state index contributed by atoms with van der Waals surface area (Å²) in [5.41, 5.74) is 4.51. The number of nitro groups is 1. The summed E-state index contributed by atoms with van der Waals surface area (Å²) in [5, 5.41) is 15.0. The van der Waals surface area contributed by atoms with Crippen LogP contribution in [0, 0.1) is 17.0 Å². The van der Waals surface area contributed by atoms with E-state index in [2.05, 4.69) is 15.1 Å². The SMILES string of the molecule is Cc1nn(C)c([N+](=O)[O-])c1OCC[C@](C)(Cl)c1ncc(C(F)(F)F)c(N)n1. The molecule has 2 heterocycles. The molecule has 0 aliphatic rings. The number of ether oxygens (including phenoxy) is 1. The molecule has 9 nitrogen and oxygen atoms in total. The highest BCUT2D eigenvalue weighted by Crippen LogP contribution is 2.36. The summed E-state index contributed by atoms with van der Waals surface area (Å²) in [4.78, 5) is 16.5. The number of hydrogen-bond donors (Lipinski definition) is 1. The summed E-state index contributed by atoms with van der Waals surface area (Å²) in [6.45, 7) is 2.93. The predicted molar refractivity (Wildman–Crippen MR) is 89.4 cm³/mol. The zero-order valence-electron chi connectivity index (χ0n) is 14.5. The molecule has 2 rings (SSSR count). The third-order valence-electron chi connectivity index (χ3n) is 3.72. The van der Waals surface area contributed by atoms with E-state index in [0.717, 1.165) is 4.68 Å². The van der Waals surface area contributed by atoms with Gasteiger partial charge in [0.05, 0.1) is 6.61 Å². The molecular weight excluding hydrogens is 393 g/mol. The predicted octanol–water partition coefficient (Wildman–Crippen LogP) is 2.95. The van der Waals surface area contributed by atoms with E-state index in [9.17, 15) is 23.3 Å². The molecule has 2 N–H and O–H groups in total. The van der Waals surface area contributed by atoms with Gasteiger partial charge in [-0.2, -0.15) is 13.2 Å². The monoisotopic (exact) mass is 408 g/mol. The third-order valence-corrected chi connectivity index (χ3v) is 4.08. The maximum atomic E-state index is 12.7. The lowest BCUT2D eigenvalue weighted by molar-refractivity contribution is -0.393. The van der Waals surface area contributed by atoms with E-state index in [0.29, 0.717) is 11.9 Å². The second-order valence-corrected chi connectivity index (χ2v) is 6.74. The maximum absolute atomic E-state index is 12.7. The minimum Gasteiger partial charge on any atom is -0.484 e. The number of aryl methyl sites for hydroxylation is 2. The molecule has 27 heavy (non-hydrogen) atoms. The van der Waals surface area contributed by atoms with E-state index in [-0.39, 0.29) is 30.4 Å². The smallest absolute Gasteiger partial charge is 0.421 e. The van der Waals surface area contributed by atoms with Crippen molar-refractivity contribution < 1.29 is 22.8 Å². The van der Waals surface area contributed by atoms with Gasteiger partial charge in [-0.15, -0.1) is 16.3 Å². The van der Waals surface area contributed by atoms with Gasteiger partial charge in [0.2, 0.25) is 5.75 Å². The van der Waals surface area contributed by atoms with E-state index in [1.807, 2.05) is 0 Å². The molecule has 0 spiro atoms. The fraction of sp³-hybridized carbons (Fsp3) is 0.500. The van der Waals surface area contributed by atoms with E-state index < -0.39 is 27.4 Å². The Balaban J connectivity index is 2.14. The fourth-order valence-corrected chi connectivity index (χ4v) is 2.49. The lowest BCUT2D eigenvalue weighted by Crippen LogP contribution is -2.23. The topological polar surface area (TPSA) is 122 Å². The number of nitrogens with two attached hydrogens (primary N) is 1. The van der Waals surface area contributed by atoms with Crippen molar-refractivity contribution in [2.45, 2.75) is 31.3 Å². The first-order valence-corrected chi connectivity index (χ1v) is 7.92. The van der Waals surface area contributed by atoms with Crippen molar-refractivity contribution in [2.24, 2.45) is 7.05 Å². The Bertz CT molecular complexity index is 869. The van der Waals surface area contributed by atoms with Crippen LogP contribution < -0.4 is 10.5 Å². The van der Waals surface area contributed by atoms with Crippen LogP contribution >= 0.6 is 11.6 Å². The maximum Gasteiger partial charge on any atom is 0.421 e. The standard InChI is InChI=1S/C14H16ClF3N6O3/c1-7-9(11(24(25)26)23(3)22-7)27-5-4-13(2,15)12-20-6-8(10(19)21-12)14(16,17)18/h6H,4-5H2,1-3H3,(H2,19,20,21)/t13-/m0/s1. The van der Waals surface area contributed by atoms with E-state index in [4.69, 9.17) is 22.1 Å². The number of anilines is 1. The third kappa shape index (κ3) is 4.38. The van der Waals surface area contributed by atoms with Gasteiger partial charge in [0.1, 0.15) is 29.0 Å². The molecule has 2 aromatic rings. The molecule has 0 aromatic carbocycles. The highest BCUT2D eigenvalue weighted by Gasteiger charge is 2.36. The minimum absolute atomic E-state index is 0.0113. The zero-order chi connectivity index (χ0) is 20.6. The second kappa shape index (κ2) is 7.18. The van der Waals surface area contributed by atoms with Gasteiger partial charge in [0, 0.05) is 12.6 Å². The average molecular weight is 409 g/mol. The summed E-state index contributed by atoms with van der Waals surface area (Å²) in [6.07, 6.45) is -4.06. The molecule has 0 aliphatic heterocycles. The Labute approximate surface area is 156 Å². The fourth-order valence-electron chi connectivity index (χ4n) is 2.32. The lowest BCUT2D eigenvalue weighted by atomic mass is 10.1. The number of nitrogens with zero attached hydrogens (tertiary/aromatic N) is 5. The van der Waals surface area contributed by atoms with Gasteiger partial charge in [-0.05, 0) is 18.8 Å². The van der Waals surface area contributed by atoms with Gasteiger partial charge in [-0.1, -0.05) is 5.10 Å². The van der Waals surface area contributed by atoms with Crippen LogP contribution in [0.2, 0.25) is 0 Å². The number of aromatic nitrogens is 4. The summed E-state index contributed by atoms with van der Waals surface area (Å²) in [7, 11) is 1.41. The van der Waals surface area contributed by atoms with E-state index in [1.54, 1.807) is 6.92 Å². The molecule has 13 heteroatoms. The van der Waals surface area contributed by atoms with Crippen molar-refractivity contribution in [2.75, 3.05) is 12.3 Å². The van der Waals surface area contributed by atoms with E-state index >= 15 is 0 Å². The van der Waals surface area contributed by atoms with Gasteiger partial charge in [-0.3, -0.25) is 0 Å². The van der Waals surface area contributed by atoms with Crippen molar-refractivity contribution in [1.29, 1.82) is 0 Å². The second-order valence-electron chi connectivity index (χ2n) is 5.91. The van der Waals surface area contributed by atoms with Crippen LogP contribution in [0.25, 0.3) is 0 Å². The number of halogens is 4. The Morgan fingerprint density at radius 3 is 2.59 bits per heavy atom. The van der Waals surface area contributed by atoms with Crippen molar-refractivity contribution >= 4 is 23.2 Å². The van der Waals surface area contributed by atoms with Crippen LogP contribution in [0.3, 0.4) is 0 Å². The van der Waals surface area contributed by atoms with Gasteiger partial charge < -0.3 is 20.6 Å². The molecule has 2 aromatic heterocycles. The van der Waals surface area contributed by atoms with Crippen LogP contribution in [0.1, 0.15) is 30.4 Å². The van der Waals surface area contributed by atoms with Gasteiger partial charge >= 0.3 is 12.0 Å². The van der Waals surface area contributed by atoms with Crippen LogP contribution in [0.15, 0.2) is 6.20 Å².